The number of hydrogen-bond donors (Lipinski definition) is 0. The number of nitro groups is 2. The summed E-state index contributed by atoms with van der Waals surface area (Å²) in [7, 11) is 3.24. The predicted molar refractivity (Wildman–Crippen MR) is 288 cm³/mol. The molecule has 5 aromatic rings. The zero-order valence-corrected chi connectivity index (χ0v) is 47.4. The van der Waals surface area contributed by atoms with E-state index in [0.717, 1.165) is 44.5 Å². The molecule has 420 valence electrons. The van der Waals surface area contributed by atoms with E-state index >= 15 is 0 Å². The third kappa shape index (κ3) is 16.5. The first-order valence-electron chi connectivity index (χ1n) is 25.9. The monoisotopic (exact) mass is 1220 g/mol. The van der Waals surface area contributed by atoms with Gasteiger partial charge in [0.1, 0.15) is 38.0 Å². The normalized spacial score (nSPS) is 12.3. The van der Waals surface area contributed by atoms with E-state index in [4.69, 9.17) is 62.8 Å². The van der Waals surface area contributed by atoms with Gasteiger partial charge in [-0.1, -0.05) is 47.1 Å². The predicted octanol–water partition coefficient (Wildman–Crippen LogP) is 8.24. The van der Waals surface area contributed by atoms with Crippen LogP contribution in [0.5, 0.6) is 11.5 Å². The van der Waals surface area contributed by atoms with Gasteiger partial charge in [-0.05, 0) is 84.5 Å². The molecule has 4 aromatic heterocycles. The molecule has 0 spiro atoms. The van der Waals surface area contributed by atoms with Crippen molar-refractivity contribution in [3.05, 3.63) is 116 Å². The van der Waals surface area contributed by atoms with Crippen molar-refractivity contribution in [1.82, 2.24) is 44.0 Å². The molecule has 23 nitrogen and oxygen atoms in total. The van der Waals surface area contributed by atoms with Crippen LogP contribution in [0.25, 0.3) is 44.4 Å². The molecule has 2 aliphatic heterocycles. The van der Waals surface area contributed by atoms with Gasteiger partial charge >= 0.3 is 11.9 Å². The summed E-state index contributed by atoms with van der Waals surface area (Å²) in [5.74, 6) is 0.371. The second-order valence-corrected chi connectivity index (χ2v) is 17.8. The maximum atomic E-state index is 11.7. The summed E-state index contributed by atoms with van der Waals surface area (Å²) >= 11 is 0. The average Bonchev–Trinajstić information content (AvgIpc) is 4.28. The third-order valence-electron chi connectivity index (χ3n) is 12.9. The Morgan fingerprint density at radius 1 is 0.538 bits per heavy atom. The van der Waals surface area contributed by atoms with E-state index in [2.05, 4.69) is 23.8 Å². The van der Waals surface area contributed by atoms with Crippen LogP contribution in [0.2, 0.25) is 0 Å². The molecule has 0 aliphatic carbocycles. The first kappa shape index (κ1) is 61.3. The Labute approximate surface area is 484 Å². The van der Waals surface area contributed by atoms with E-state index in [0.29, 0.717) is 150 Å². The van der Waals surface area contributed by atoms with Crippen LogP contribution in [0.3, 0.4) is 0 Å². The Kier molecular flexibility index (Phi) is 24.8. The molecule has 0 saturated heterocycles. The van der Waals surface area contributed by atoms with E-state index in [1.54, 1.807) is 60.3 Å². The molecule has 0 unspecified atom stereocenters. The minimum atomic E-state index is -0.483. The summed E-state index contributed by atoms with van der Waals surface area (Å²) in [5, 5.41) is 23.5. The van der Waals surface area contributed by atoms with Gasteiger partial charge in [0.2, 0.25) is 0 Å². The molecule has 0 radical (unpaired) electrons. The fourth-order valence-corrected chi connectivity index (χ4v) is 8.97. The molecule has 1 aromatic carbocycles. The number of ether oxygens (including phenoxy) is 8. The van der Waals surface area contributed by atoms with Gasteiger partial charge in [0, 0.05) is 66.3 Å². The molecule has 0 N–H and O–H groups in total. The molecular weight excluding hydrogens is 1150 g/mol. The van der Waals surface area contributed by atoms with Crippen LogP contribution in [-0.2, 0) is 54.4 Å². The van der Waals surface area contributed by atoms with E-state index in [1.807, 2.05) is 26.0 Å². The summed E-state index contributed by atoms with van der Waals surface area (Å²) in [5.41, 5.74) is 11.1. The van der Waals surface area contributed by atoms with E-state index in [-0.39, 0.29) is 78.3 Å². The second kappa shape index (κ2) is 31.6. The topological polar surface area (TPSA) is 261 Å². The Morgan fingerprint density at radius 2 is 0.923 bits per heavy atom. The van der Waals surface area contributed by atoms with Crippen LogP contribution >= 0.6 is 0 Å². The average molecular weight is 1220 g/mol. The van der Waals surface area contributed by atoms with Crippen LogP contribution in [0, 0.1) is 60.2 Å². The minimum absolute atomic E-state index is 0. The number of fused-ring (bicyclic) bond motifs is 7. The van der Waals surface area contributed by atoms with Crippen LogP contribution in [-0.4, -0.2) is 142 Å². The first-order chi connectivity index (χ1) is 37.5. The van der Waals surface area contributed by atoms with Gasteiger partial charge in [-0.3, -0.25) is 9.97 Å². The number of rotatable bonds is 32. The van der Waals surface area contributed by atoms with Gasteiger partial charge in [0.15, 0.2) is 11.5 Å². The third-order valence-corrected chi connectivity index (χ3v) is 12.9. The zero-order valence-electron chi connectivity index (χ0n) is 45.1. The number of methoxy groups -OCH3 is 2. The van der Waals surface area contributed by atoms with Crippen molar-refractivity contribution in [2.75, 3.05) is 93.5 Å². The number of imidazole rings is 2. The number of aromatic nitrogens is 9. The summed E-state index contributed by atoms with van der Waals surface area (Å²) < 4.78 is 48.6. The van der Waals surface area contributed by atoms with Crippen molar-refractivity contribution in [3.8, 4) is 11.5 Å². The van der Waals surface area contributed by atoms with Gasteiger partial charge in [0.05, 0.1) is 125 Å². The summed E-state index contributed by atoms with van der Waals surface area (Å²) in [6.07, 6.45) is 13.2. The molecule has 6 heterocycles. The second-order valence-electron chi connectivity index (χ2n) is 17.8. The molecule has 2 aliphatic rings. The number of allylic oxidation sites excluding steroid dienone is 4. The van der Waals surface area contributed by atoms with Crippen molar-refractivity contribution < 1.29 is 87.7 Å². The molecule has 24 heteroatoms. The number of aryl methyl sites for hydroxylation is 4. The molecule has 7 rings (SSSR count). The Hall–Kier alpha value is -5.96. The van der Waals surface area contributed by atoms with Gasteiger partial charge in [-0.2, -0.15) is 0 Å². The minimum Gasteiger partial charge on any atom is -0.657 e. The molecular formula is C54H68GdN11O12-. The maximum absolute atomic E-state index is 11.7. The molecule has 0 saturated carbocycles. The largest absolute Gasteiger partial charge is 0.657 e. The van der Waals surface area contributed by atoms with Crippen LogP contribution in [0.1, 0.15) is 87.3 Å². The van der Waals surface area contributed by atoms with Crippen molar-refractivity contribution in [2.24, 2.45) is 0 Å². The van der Waals surface area contributed by atoms with Crippen molar-refractivity contribution in [3.63, 3.8) is 0 Å². The summed E-state index contributed by atoms with van der Waals surface area (Å²) in [6.45, 7) is 13.4. The van der Waals surface area contributed by atoms with E-state index in [9.17, 15) is 20.2 Å². The standard InChI is InChI=1S/C54H68N11O12.Gd/c1-7-39-40(8-2)44-32-46-42(12-10-16-63-18-14-56-54(63)65(68)69)38(4)50(61-46)36-58-48-34-52(77-30-28-75-26-24-73-22-20-71-6)51(76-29-27-74-25-23-72-21-19-70-5)33-47(48)57-35-49-37(3)41(45(60-49)31-43(39)59-44)11-9-15-62-17-13-55-53(62)64(66)67;/h13-14,17-18,31-36H,7-12,15-16,19-30H2,1-6H3;/q-1;. The number of hydrogen-bond acceptors (Lipinski definition) is 18. The molecule has 0 amide bonds. The van der Waals surface area contributed by atoms with Gasteiger partial charge < -0.3 is 63.1 Å². The Morgan fingerprint density at radius 3 is 1.29 bits per heavy atom. The quantitative estimate of drug-likeness (QED) is 0.0223. The SMILES string of the molecule is CCc1c(CC)c2cc3nc(cnc4cc(OCCOCCOCCOC)c(OCCOCCOCCOC)cc4ncc4nc(cc1[n-]2)C(CCCn1ccnc1[N+](=O)[O-])=C4C)C(C)=C3CCCn1ccnc1[N+](=O)[O-].[Gd]. The van der Waals surface area contributed by atoms with E-state index in [1.165, 1.54) is 12.4 Å². The van der Waals surface area contributed by atoms with Gasteiger partial charge in [-0.15, -0.1) is 11.0 Å². The van der Waals surface area contributed by atoms with Crippen molar-refractivity contribution in [2.45, 2.75) is 79.3 Å². The fourth-order valence-electron chi connectivity index (χ4n) is 8.97. The maximum Gasteiger partial charge on any atom is 0.434 e. The molecule has 78 heavy (non-hydrogen) atoms. The smallest absolute Gasteiger partial charge is 0.434 e. The van der Waals surface area contributed by atoms with Gasteiger partial charge in [0.25, 0.3) is 0 Å². The van der Waals surface area contributed by atoms with Gasteiger partial charge in [-0.25, -0.2) is 19.1 Å². The molecule has 0 fully saturated rings. The number of nitrogens with zero attached hydrogens (tertiary/aromatic N) is 11. The Bertz CT molecular complexity index is 2880. The zero-order chi connectivity index (χ0) is 54.5. The van der Waals surface area contributed by atoms with Crippen LogP contribution in [0.4, 0.5) is 11.9 Å². The number of benzene rings is 1. The first-order valence-corrected chi connectivity index (χ1v) is 25.9. The van der Waals surface area contributed by atoms with Crippen molar-refractivity contribution in [1.29, 1.82) is 0 Å². The Balaban J connectivity index is 0.00000984. The molecule has 6 bridgehead atoms. The van der Waals surface area contributed by atoms with Crippen molar-refractivity contribution >= 4 is 56.3 Å². The summed E-state index contributed by atoms with van der Waals surface area (Å²) in [4.78, 5) is 56.1. The van der Waals surface area contributed by atoms with E-state index < -0.39 is 9.85 Å². The summed E-state index contributed by atoms with van der Waals surface area (Å²) in [6, 6.07) is 7.60. The fraction of sp³-hybridized carbons (Fsp3) is 0.481. The van der Waals surface area contributed by atoms with Crippen LogP contribution in [0.15, 0.2) is 61.4 Å². The molecule has 0 atom stereocenters. The van der Waals surface area contributed by atoms with Crippen LogP contribution < -0.4 is 14.5 Å².